The maximum absolute atomic E-state index is 12.4. The Balaban J connectivity index is 1.81. The van der Waals surface area contributed by atoms with E-state index in [2.05, 4.69) is 10.6 Å². The summed E-state index contributed by atoms with van der Waals surface area (Å²) < 4.78 is 5.26. The molecule has 1 aliphatic rings. The van der Waals surface area contributed by atoms with E-state index in [-0.39, 0.29) is 17.7 Å². The molecule has 1 heterocycles. The van der Waals surface area contributed by atoms with E-state index in [1.165, 1.54) is 0 Å². The molecule has 0 spiro atoms. The summed E-state index contributed by atoms with van der Waals surface area (Å²) in [6.45, 7) is 2.16. The lowest BCUT2D eigenvalue weighted by Crippen LogP contribution is -2.41. The van der Waals surface area contributed by atoms with Crippen molar-refractivity contribution in [3.63, 3.8) is 0 Å². The van der Waals surface area contributed by atoms with Crippen LogP contribution in [0.3, 0.4) is 0 Å². The molecule has 0 atom stereocenters. The standard InChI is InChI=1S/C18H27N3O3/c1-19-11-5-8-17(22)21-12-9-14(10-13-21)18(23)20-15-6-3-4-7-16(15)24-2/h3-4,6-7,14,19H,5,8-13H2,1-2H3,(H,20,23). The molecule has 0 radical (unpaired) electrons. The number of amides is 2. The molecule has 2 amide bonds. The number of anilines is 1. The van der Waals surface area contributed by atoms with Gasteiger partial charge in [0.2, 0.25) is 11.8 Å². The molecular formula is C18H27N3O3. The molecule has 0 aliphatic carbocycles. The van der Waals surface area contributed by atoms with Gasteiger partial charge in [0, 0.05) is 25.4 Å². The van der Waals surface area contributed by atoms with E-state index in [1.807, 2.05) is 36.2 Å². The van der Waals surface area contributed by atoms with Gasteiger partial charge in [-0.25, -0.2) is 0 Å². The predicted molar refractivity (Wildman–Crippen MR) is 94.1 cm³/mol. The topological polar surface area (TPSA) is 70.7 Å². The van der Waals surface area contributed by atoms with Crippen LogP contribution >= 0.6 is 0 Å². The van der Waals surface area contributed by atoms with E-state index in [9.17, 15) is 9.59 Å². The molecule has 0 bridgehead atoms. The zero-order chi connectivity index (χ0) is 17.4. The number of hydrogen-bond acceptors (Lipinski definition) is 4. The lowest BCUT2D eigenvalue weighted by Gasteiger charge is -2.31. The van der Waals surface area contributed by atoms with Crippen molar-refractivity contribution < 1.29 is 14.3 Å². The van der Waals surface area contributed by atoms with Gasteiger partial charge in [-0.05, 0) is 45.0 Å². The summed E-state index contributed by atoms with van der Waals surface area (Å²) in [6, 6.07) is 7.39. The summed E-state index contributed by atoms with van der Waals surface area (Å²) in [5, 5.41) is 5.99. The molecule has 0 aromatic heterocycles. The van der Waals surface area contributed by atoms with Gasteiger partial charge in [0.1, 0.15) is 5.75 Å². The van der Waals surface area contributed by atoms with Gasteiger partial charge in [-0.2, -0.15) is 0 Å². The van der Waals surface area contributed by atoms with E-state index in [0.29, 0.717) is 43.8 Å². The Labute approximate surface area is 143 Å². The number of rotatable bonds is 7. The first-order valence-electron chi connectivity index (χ1n) is 8.52. The minimum atomic E-state index is -0.0590. The van der Waals surface area contributed by atoms with Gasteiger partial charge in [0.05, 0.1) is 12.8 Å². The minimum absolute atomic E-state index is 0.00165. The lowest BCUT2D eigenvalue weighted by molar-refractivity contribution is -0.134. The normalized spacial score (nSPS) is 15.2. The van der Waals surface area contributed by atoms with Crippen LogP contribution in [0.15, 0.2) is 24.3 Å². The zero-order valence-electron chi connectivity index (χ0n) is 14.5. The Morgan fingerprint density at radius 2 is 1.96 bits per heavy atom. The molecule has 24 heavy (non-hydrogen) atoms. The average molecular weight is 333 g/mol. The van der Waals surface area contributed by atoms with Crippen LogP contribution < -0.4 is 15.4 Å². The summed E-state index contributed by atoms with van der Waals surface area (Å²) in [6.07, 6.45) is 2.83. The molecule has 132 valence electrons. The minimum Gasteiger partial charge on any atom is -0.495 e. The summed E-state index contributed by atoms with van der Waals surface area (Å²) in [4.78, 5) is 26.4. The average Bonchev–Trinajstić information content (AvgIpc) is 2.62. The van der Waals surface area contributed by atoms with Crippen molar-refractivity contribution in [3.8, 4) is 5.75 Å². The summed E-state index contributed by atoms with van der Waals surface area (Å²) in [5.41, 5.74) is 0.690. The predicted octanol–water partition coefficient (Wildman–Crippen LogP) is 1.87. The number of carbonyl (C=O) groups excluding carboxylic acids is 2. The van der Waals surface area contributed by atoms with Crippen molar-refractivity contribution in [2.75, 3.05) is 39.1 Å². The summed E-state index contributed by atoms with van der Waals surface area (Å²) in [7, 11) is 3.47. The zero-order valence-corrected chi connectivity index (χ0v) is 14.5. The Morgan fingerprint density at radius 3 is 2.62 bits per heavy atom. The van der Waals surface area contributed by atoms with Gasteiger partial charge in [0.25, 0.3) is 0 Å². The van der Waals surface area contributed by atoms with Crippen LogP contribution in [0.2, 0.25) is 0 Å². The van der Waals surface area contributed by atoms with Crippen LogP contribution in [0, 0.1) is 5.92 Å². The van der Waals surface area contributed by atoms with Gasteiger partial charge < -0.3 is 20.3 Å². The van der Waals surface area contributed by atoms with Crippen molar-refractivity contribution >= 4 is 17.5 Å². The fraction of sp³-hybridized carbons (Fsp3) is 0.556. The van der Waals surface area contributed by atoms with Crippen LogP contribution in [-0.2, 0) is 9.59 Å². The molecule has 1 aliphatic heterocycles. The fourth-order valence-corrected chi connectivity index (χ4v) is 2.95. The monoisotopic (exact) mass is 333 g/mol. The number of likely N-dealkylation sites (tertiary alicyclic amines) is 1. The van der Waals surface area contributed by atoms with E-state index in [0.717, 1.165) is 13.0 Å². The third-order valence-corrected chi connectivity index (χ3v) is 4.40. The first-order chi connectivity index (χ1) is 11.7. The first-order valence-corrected chi connectivity index (χ1v) is 8.52. The van der Waals surface area contributed by atoms with Crippen LogP contribution in [0.5, 0.6) is 5.75 Å². The highest BCUT2D eigenvalue weighted by molar-refractivity contribution is 5.94. The van der Waals surface area contributed by atoms with Crippen molar-refractivity contribution in [2.45, 2.75) is 25.7 Å². The smallest absolute Gasteiger partial charge is 0.227 e. The highest BCUT2D eigenvalue weighted by Gasteiger charge is 2.27. The van der Waals surface area contributed by atoms with E-state index in [4.69, 9.17) is 4.74 Å². The fourth-order valence-electron chi connectivity index (χ4n) is 2.95. The Hall–Kier alpha value is -2.08. The largest absolute Gasteiger partial charge is 0.495 e. The van der Waals surface area contributed by atoms with E-state index in [1.54, 1.807) is 7.11 Å². The number of benzene rings is 1. The Morgan fingerprint density at radius 1 is 1.25 bits per heavy atom. The van der Waals surface area contributed by atoms with Gasteiger partial charge in [0.15, 0.2) is 0 Å². The molecule has 2 N–H and O–H groups in total. The van der Waals surface area contributed by atoms with Crippen molar-refractivity contribution in [1.29, 1.82) is 0 Å². The van der Waals surface area contributed by atoms with Crippen LogP contribution in [0.1, 0.15) is 25.7 Å². The maximum atomic E-state index is 12.4. The number of ether oxygens (including phenoxy) is 1. The number of hydrogen-bond donors (Lipinski definition) is 2. The molecule has 2 rings (SSSR count). The quantitative estimate of drug-likeness (QED) is 0.748. The van der Waals surface area contributed by atoms with Gasteiger partial charge in [-0.1, -0.05) is 12.1 Å². The number of nitrogens with one attached hydrogen (secondary N) is 2. The second kappa shape index (κ2) is 9.27. The lowest BCUT2D eigenvalue weighted by atomic mass is 9.95. The van der Waals surface area contributed by atoms with Crippen LogP contribution in [0.25, 0.3) is 0 Å². The number of para-hydroxylation sites is 2. The number of methoxy groups -OCH3 is 1. The van der Waals surface area contributed by atoms with Crippen molar-refractivity contribution in [3.05, 3.63) is 24.3 Å². The van der Waals surface area contributed by atoms with Crippen LogP contribution in [-0.4, -0.2) is 50.5 Å². The molecular weight excluding hydrogens is 306 g/mol. The molecule has 0 saturated carbocycles. The molecule has 1 saturated heterocycles. The second-order valence-corrected chi connectivity index (χ2v) is 6.05. The summed E-state index contributed by atoms with van der Waals surface area (Å²) >= 11 is 0. The van der Waals surface area contributed by atoms with Crippen molar-refractivity contribution in [2.24, 2.45) is 5.92 Å². The molecule has 1 aromatic carbocycles. The highest BCUT2D eigenvalue weighted by atomic mass is 16.5. The Bertz CT molecular complexity index is 554. The number of nitrogens with zero attached hydrogens (tertiary/aromatic N) is 1. The first kappa shape index (κ1) is 18.3. The molecule has 6 heteroatoms. The van der Waals surface area contributed by atoms with E-state index < -0.39 is 0 Å². The molecule has 1 aromatic rings. The third-order valence-electron chi connectivity index (χ3n) is 4.40. The maximum Gasteiger partial charge on any atom is 0.227 e. The summed E-state index contributed by atoms with van der Waals surface area (Å²) in [5.74, 6) is 0.787. The molecule has 0 unspecified atom stereocenters. The highest BCUT2D eigenvalue weighted by Crippen LogP contribution is 2.25. The second-order valence-electron chi connectivity index (χ2n) is 6.05. The molecule has 6 nitrogen and oxygen atoms in total. The SMILES string of the molecule is CNCCCC(=O)N1CCC(C(=O)Nc2ccccc2OC)CC1. The van der Waals surface area contributed by atoms with Gasteiger partial charge in [-0.3, -0.25) is 9.59 Å². The number of piperidine rings is 1. The van der Waals surface area contributed by atoms with Crippen molar-refractivity contribution in [1.82, 2.24) is 10.2 Å². The van der Waals surface area contributed by atoms with Gasteiger partial charge >= 0.3 is 0 Å². The van der Waals surface area contributed by atoms with E-state index >= 15 is 0 Å². The third kappa shape index (κ3) is 4.96. The van der Waals surface area contributed by atoms with Gasteiger partial charge in [-0.15, -0.1) is 0 Å². The number of carbonyl (C=O) groups is 2. The Kier molecular flexibility index (Phi) is 7.06. The molecule has 1 fully saturated rings. The van der Waals surface area contributed by atoms with Crippen LogP contribution in [0.4, 0.5) is 5.69 Å².